The van der Waals surface area contributed by atoms with Crippen molar-refractivity contribution in [1.82, 2.24) is 0 Å². The molecule has 0 saturated heterocycles. The van der Waals surface area contributed by atoms with Crippen LogP contribution in [0, 0.1) is 0 Å². The van der Waals surface area contributed by atoms with Crippen LogP contribution in [0.1, 0.15) is 5.56 Å². The standard InChI is InChI=1S/C12H10O3/c1-2-9-3-5-11(6-4-9)15-12(13)10-7-14-8-10/h2-7H,1,8H2. The zero-order valence-corrected chi connectivity index (χ0v) is 8.10. The molecular weight excluding hydrogens is 192 g/mol. The summed E-state index contributed by atoms with van der Waals surface area (Å²) in [5.41, 5.74) is 1.55. The maximum absolute atomic E-state index is 11.4. The third-order valence-electron chi connectivity index (χ3n) is 2.05. The third-order valence-corrected chi connectivity index (χ3v) is 2.05. The van der Waals surface area contributed by atoms with E-state index in [1.807, 2.05) is 12.1 Å². The van der Waals surface area contributed by atoms with Gasteiger partial charge in [-0.15, -0.1) is 0 Å². The molecule has 0 aliphatic carbocycles. The highest BCUT2D eigenvalue weighted by atomic mass is 16.5. The Morgan fingerprint density at radius 3 is 2.53 bits per heavy atom. The van der Waals surface area contributed by atoms with Crippen molar-refractivity contribution in [3.63, 3.8) is 0 Å². The molecule has 0 spiro atoms. The maximum Gasteiger partial charge on any atom is 0.346 e. The minimum atomic E-state index is -0.354. The zero-order chi connectivity index (χ0) is 10.7. The van der Waals surface area contributed by atoms with Gasteiger partial charge in [0.15, 0.2) is 0 Å². The van der Waals surface area contributed by atoms with Crippen LogP contribution in [-0.4, -0.2) is 12.6 Å². The fraction of sp³-hybridized carbons (Fsp3) is 0.0833. The zero-order valence-electron chi connectivity index (χ0n) is 8.10. The Kier molecular flexibility index (Phi) is 2.54. The lowest BCUT2D eigenvalue weighted by Crippen LogP contribution is -2.20. The van der Waals surface area contributed by atoms with E-state index in [0.29, 0.717) is 17.9 Å². The fourth-order valence-corrected chi connectivity index (χ4v) is 1.12. The van der Waals surface area contributed by atoms with E-state index < -0.39 is 0 Å². The second-order valence-electron chi connectivity index (χ2n) is 3.12. The molecule has 0 saturated carbocycles. The first-order chi connectivity index (χ1) is 7.29. The molecular formula is C12H10O3. The SMILES string of the molecule is C=Cc1ccc(OC(=O)C2=COC2)cc1. The molecule has 0 amide bonds. The first kappa shape index (κ1) is 9.52. The van der Waals surface area contributed by atoms with Crippen molar-refractivity contribution in [3.05, 3.63) is 48.2 Å². The molecule has 2 rings (SSSR count). The molecule has 0 aromatic heterocycles. The summed E-state index contributed by atoms with van der Waals surface area (Å²) in [7, 11) is 0. The molecule has 1 aromatic rings. The number of hydrogen-bond donors (Lipinski definition) is 0. The fourth-order valence-electron chi connectivity index (χ4n) is 1.12. The summed E-state index contributed by atoms with van der Waals surface area (Å²) in [6.45, 7) is 3.98. The summed E-state index contributed by atoms with van der Waals surface area (Å²) < 4.78 is 9.85. The smallest absolute Gasteiger partial charge is 0.346 e. The van der Waals surface area contributed by atoms with E-state index >= 15 is 0 Å². The van der Waals surface area contributed by atoms with Crippen LogP contribution in [0.15, 0.2) is 42.7 Å². The number of hydrogen-bond acceptors (Lipinski definition) is 3. The van der Waals surface area contributed by atoms with Gasteiger partial charge in [-0.3, -0.25) is 0 Å². The Morgan fingerprint density at radius 2 is 2.07 bits per heavy atom. The minimum Gasteiger partial charge on any atom is -0.495 e. The number of ether oxygens (including phenoxy) is 2. The molecule has 0 fully saturated rings. The van der Waals surface area contributed by atoms with E-state index in [2.05, 4.69) is 6.58 Å². The topological polar surface area (TPSA) is 35.5 Å². The van der Waals surface area contributed by atoms with Crippen LogP contribution in [0.3, 0.4) is 0 Å². The molecule has 3 nitrogen and oxygen atoms in total. The molecule has 1 aromatic carbocycles. The van der Waals surface area contributed by atoms with E-state index in [1.165, 1.54) is 6.26 Å². The number of carbonyl (C=O) groups is 1. The van der Waals surface area contributed by atoms with Gasteiger partial charge < -0.3 is 9.47 Å². The van der Waals surface area contributed by atoms with Gasteiger partial charge in [-0.05, 0) is 17.7 Å². The third kappa shape index (κ3) is 2.07. The largest absolute Gasteiger partial charge is 0.495 e. The minimum absolute atomic E-state index is 0.337. The van der Waals surface area contributed by atoms with E-state index in [9.17, 15) is 4.79 Å². The van der Waals surface area contributed by atoms with Gasteiger partial charge in [-0.2, -0.15) is 0 Å². The van der Waals surface area contributed by atoms with Gasteiger partial charge in [0.2, 0.25) is 0 Å². The second kappa shape index (κ2) is 4.00. The van der Waals surface area contributed by atoms with Crippen LogP contribution in [-0.2, 0) is 9.53 Å². The van der Waals surface area contributed by atoms with Crippen molar-refractivity contribution in [1.29, 1.82) is 0 Å². The molecule has 15 heavy (non-hydrogen) atoms. The molecule has 1 aliphatic heterocycles. The van der Waals surface area contributed by atoms with Gasteiger partial charge in [0.1, 0.15) is 17.9 Å². The van der Waals surface area contributed by atoms with Gasteiger partial charge in [0.25, 0.3) is 0 Å². The van der Waals surface area contributed by atoms with Crippen LogP contribution < -0.4 is 4.74 Å². The predicted octanol–water partition coefficient (Wildman–Crippen LogP) is 2.15. The first-order valence-electron chi connectivity index (χ1n) is 4.55. The second-order valence-corrected chi connectivity index (χ2v) is 3.12. The quantitative estimate of drug-likeness (QED) is 0.556. The molecule has 1 heterocycles. The lowest BCUT2D eigenvalue weighted by atomic mass is 10.2. The van der Waals surface area contributed by atoms with E-state index in [0.717, 1.165) is 5.56 Å². The molecule has 0 bridgehead atoms. The van der Waals surface area contributed by atoms with Crippen molar-refractivity contribution in [2.24, 2.45) is 0 Å². The molecule has 3 heteroatoms. The molecule has 1 aliphatic rings. The Bertz CT molecular complexity index is 415. The van der Waals surface area contributed by atoms with E-state index in [-0.39, 0.29) is 5.97 Å². The monoisotopic (exact) mass is 202 g/mol. The van der Waals surface area contributed by atoms with Gasteiger partial charge in [0, 0.05) is 0 Å². The lowest BCUT2D eigenvalue weighted by molar-refractivity contribution is -0.131. The van der Waals surface area contributed by atoms with Gasteiger partial charge in [-0.1, -0.05) is 24.8 Å². The number of rotatable bonds is 3. The van der Waals surface area contributed by atoms with Crippen LogP contribution in [0.5, 0.6) is 5.75 Å². The summed E-state index contributed by atoms with van der Waals surface area (Å²) in [6, 6.07) is 7.13. The van der Waals surface area contributed by atoms with Crippen molar-refractivity contribution in [3.8, 4) is 5.75 Å². The van der Waals surface area contributed by atoms with Crippen molar-refractivity contribution < 1.29 is 14.3 Å². The molecule has 0 radical (unpaired) electrons. The van der Waals surface area contributed by atoms with Gasteiger partial charge in [0.05, 0.1) is 6.26 Å². The maximum atomic E-state index is 11.4. The Labute approximate surface area is 87.6 Å². The molecule has 76 valence electrons. The number of benzene rings is 1. The van der Waals surface area contributed by atoms with Gasteiger partial charge in [-0.25, -0.2) is 4.79 Å². The summed E-state index contributed by atoms with van der Waals surface area (Å²) in [4.78, 5) is 11.4. The van der Waals surface area contributed by atoms with E-state index in [1.54, 1.807) is 18.2 Å². The normalized spacial score (nSPS) is 13.2. The average molecular weight is 202 g/mol. The Hall–Kier alpha value is -2.03. The summed E-state index contributed by atoms with van der Waals surface area (Å²) in [5, 5.41) is 0. The Morgan fingerprint density at radius 1 is 1.40 bits per heavy atom. The van der Waals surface area contributed by atoms with Crippen LogP contribution in [0.2, 0.25) is 0 Å². The number of carbonyl (C=O) groups excluding carboxylic acids is 1. The summed E-state index contributed by atoms with van der Waals surface area (Å²) in [5.74, 6) is 0.172. The highest BCUT2D eigenvalue weighted by Gasteiger charge is 2.18. The average Bonchev–Trinajstić information content (AvgIpc) is 2.16. The molecule has 0 atom stereocenters. The van der Waals surface area contributed by atoms with Crippen LogP contribution in [0.4, 0.5) is 0 Å². The lowest BCUT2D eigenvalue weighted by Gasteiger charge is -2.14. The molecule has 0 unspecified atom stereocenters. The number of esters is 1. The summed E-state index contributed by atoms with van der Waals surface area (Å²) >= 11 is 0. The van der Waals surface area contributed by atoms with Crippen LogP contribution in [0.25, 0.3) is 6.08 Å². The van der Waals surface area contributed by atoms with E-state index in [4.69, 9.17) is 9.47 Å². The van der Waals surface area contributed by atoms with Crippen LogP contribution >= 0.6 is 0 Å². The van der Waals surface area contributed by atoms with Gasteiger partial charge >= 0.3 is 5.97 Å². The highest BCUT2D eigenvalue weighted by molar-refractivity contribution is 5.91. The highest BCUT2D eigenvalue weighted by Crippen LogP contribution is 2.16. The molecule has 0 N–H and O–H groups in total. The van der Waals surface area contributed by atoms with Crippen molar-refractivity contribution in [2.45, 2.75) is 0 Å². The predicted molar refractivity (Wildman–Crippen MR) is 56.2 cm³/mol. The van der Waals surface area contributed by atoms with Crippen molar-refractivity contribution in [2.75, 3.05) is 6.61 Å². The first-order valence-corrected chi connectivity index (χ1v) is 4.55. The van der Waals surface area contributed by atoms with Crippen molar-refractivity contribution >= 4 is 12.0 Å². The summed E-state index contributed by atoms with van der Waals surface area (Å²) in [6.07, 6.45) is 3.13. The Balaban J connectivity index is 2.04.